The van der Waals surface area contributed by atoms with E-state index in [0.29, 0.717) is 54.4 Å². The van der Waals surface area contributed by atoms with Crippen molar-refractivity contribution in [1.29, 1.82) is 0 Å². The standard InChI is InChI=1S/C22H26BrN3O5/c1-3-30-13-5-12-24-20(27)22(29)18-14-15(23)6-11-19(18)25-21(28)26(22)16-7-9-17(10-8-16)31-4-2/h6-11,14,29H,3-5,12-13H2,1-2H3,(H,24,27)(H,25,28)/t22-/m1/s1. The molecule has 9 heteroatoms. The molecule has 2 aromatic rings. The van der Waals surface area contributed by atoms with Crippen LogP contribution < -0.4 is 20.3 Å². The van der Waals surface area contributed by atoms with Crippen molar-refractivity contribution in [3.05, 3.63) is 52.5 Å². The molecule has 0 aliphatic carbocycles. The fraction of sp³-hybridized carbons (Fsp3) is 0.364. The molecular weight excluding hydrogens is 466 g/mol. The van der Waals surface area contributed by atoms with E-state index in [1.54, 1.807) is 42.5 Å². The smallest absolute Gasteiger partial charge is 0.329 e. The van der Waals surface area contributed by atoms with Gasteiger partial charge in [0.15, 0.2) is 0 Å². The van der Waals surface area contributed by atoms with Crippen LogP contribution in [0, 0.1) is 0 Å². The maximum atomic E-state index is 13.3. The lowest BCUT2D eigenvalue weighted by atomic mass is 9.94. The number of fused-ring (bicyclic) bond motifs is 1. The van der Waals surface area contributed by atoms with E-state index in [1.807, 2.05) is 13.8 Å². The Morgan fingerprint density at radius 1 is 1.19 bits per heavy atom. The molecule has 0 saturated carbocycles. The Kier molecular flexibility index (Phi) is 7.53. The first-order valence-corrected chi connectivity index (χ1v) is 10.9. The molecule has 166 valence electrons. The fourth-order valence-corrected chi connectivity index (χ4v) is 3.74. The van der Waals surface area contributed by atoms with Gasteiger partial charge in [-0.3, -0.25) is 9.69 Å². The first-order valence-electron chi connectivity index (χ1n) is 10.1. The molecule has 0 radical (unpaired) electrons. The minimum Gasteiger partial charge on any atom is -0.494 e. The van der Waals surface area contributed by atoms with Crippen molar-refractivity contribution >= 4 is 39.2 Å². The molecule has 31 heavy (non-hydrogen) atoms. The number of nitrogens with zero attached hydrogens (tertiary/aromatic N) is 1. The highest BCUT2D eigenvalue weighted by molar-refractivity contribution is 9.10. The quantitative estimate of drug-likeness (QED) is 0.465. The van der Waals surface area contributed by atoms with E-state index in [9.17, 15) is 14.7 Å². The molecule has 0 saturated heterocycles. The number of anilines is 2. The Balaban J connectivity index is 1.99. The van der Waals surface area contributed by atoms with Crippen LogP contribution in [0.25, 0.3) is 0 Å². The van der Waals surface area contributed by atoms with Gasteiger partial charge in [0.1, 0.15) is 5.75 Å². The molecule has 0 spiro atoms. The van der Waals surface area contributed by atoms with Crippen molar-refractivity contribution in [1.82, 2.24) is 5.32 Å². The molecule has 0 aromatic heterocycles. The van der Waals surface area contributed by atoms with Crippen molar-refractivity contribution in [2.24, 2.45) is 0 Å². The van der Waals surface area contributed by atoms with Crippen LogP contribution in [0.3, 0.4) is 0 Å². The molecule has 1 atom stereocenters. The van der Waals surface area contributed by atoms with Gasteiger partial charge in [-0.05, 0) is 62.7 Å². The van der Waals surface area contributed by atoms with Crippen LogP contribution >= 0.6 is 15.9 Å². The van der Waals surface area contributed by atoms with Gasteiger partial charge in [0.05, 0.1) is 12.3 Å². The summed E-state index contributed by atoms with van der Waals surface area (Å²) in [5.41, 5.74) is -1.28. The van der Waals surface area contributed by atoms with Gasteiger partial charge >= 0.3 is 6.03 Å². The van der Waals surface area contributed by atoms with Crippen LogP contribution in [0.5, 0.6) is 5.75 Å². The highest BCUT2D eigenvalue weighted by atomic mass is 79.9. The molecule has 3 N–H and O–H groups in total. The van der Waals surface area contributed by atoms with Crippen LogP contribution in [0.2, 0.25) is 0 Å². The zero-order valence-electron chi connectivity index (χ0n) is 17.5. The van der Waals surface area contributed by atoms with Gasteiger partial charge in [0, 0.05) is 35.5 Å². The largest absolute Gasteiger partial charge is 0.494 e. The molecule has 1 aliphatic rings. The number of aliphatic hydroxyl groups is 1. The van der Waals surface area contributed by atoms with Gasteiger partial charge in [-0.1, -0.05) is 15.9 Å². The highest BCUT2D eigenvalue weighted by Crippen LogP contribution is 2.41. The van der Waals surface area contributed by atoms with Crippen LogP contribution in [0.15, 0.2) is 46.9 Å². The second kappa shape index (κ2) is 10.1. The Labute approximate surface area is 189 Å². The molecule has 8 nitrogen and oxygen atoms in total. The van der Waals surface area contributed by atoms with E-state index >= 15 is 0 Å². The third-order valence-corrected chi connectivity index (χ3v) is 5.30. The minimum atomic E-state index is -2.25. The molecular formula is C22H26BrN3O5. The number of carbonyl (C=O) groups is 2. The van der Waals surface area contributed by atoms with Gasteiger partial charge in [-0.25, -0.2) is 4.79 Å². The summed E-state index contributed by atoms with van der Waals surface area (Å²) in [5.74, 6) is -0.0807. The lowest BCUT2D eigenvalue weighted by molar-refractivity contribution is -0.140. The average Bonchev–Trinajstić information content (AvgIpc) is 2.75. The number of ether oxygens (including phenoxy) is 2. The van der Waals surface area contributed by atoms with Crippen molar-refractivity contribution < 1.29 is 24.2 Å². The van der Waals surface area contributed by atoms with Crippen LogP contribution in [0.4, 0.5) is 16.2 Å². The third kappa shape index (κ3) is 4.84. The molecule has 3 rings (SSSR count). The number of hydrogen-bond donors (Lipinski definition) is 3. The van der Waals surface area contributed by atoms with Crippen LogP contribution in [-0.4, -0.2) is 43.4 Å². The number of urea groups is 1. The Morgan fingerprint density at radius 3 is 2.61 bits per heavy atom. The van der Waals surface area contributed by atoms with Gasteiger partial charge in [-0.2, -0.15) is 0 Å². The van der Waals surface area contributed by atoms with E-state index in [0.717, 1.165) is 4.90 Å². The van der Waals surface area contributed by atoms with E-state index in [1.165, 1.54) is 0 Å². The van der Waals surface area contributed by atoms with E-state index in [-0.39, 0.29) is 5.56 Å². The molecule has 2 aromatic carbocycles. The first kappa shape index (κ1) is 23.1. The molecule has 0 unspecified atom stereocenters. The van der Waals surface area contributed by atoms with Gasteiger partial charge in [-0.15, -0.1) is 0 Å². The lowest BCUT2D eigenvalue weighted by Gasteiger charge is -2.42. The van der Waals surface area contributed by atoms with Crippen LogP contribution in [0.1, 0.15) is 25.8 Å². The summed E-state index contributed by atoms with van der Waals surface area (Å²) in [7, 11) is 0. The van der Waals surface area contributed by atoms with E-state index < -0.39 is 17.7 Å². The zero-order valence-corrected chi connectivity index (χ0v) is 19.1. The number of rotatable bonds is 9. The average molecular weight is 492 g/mol. The highest BCUT2D eigenvalue weighted by Gasteiger charge is 2.52. The fourth-order valence-electron chi connectivity index (χ4n) is 3.38. The summed E-state index contributed by atoms with van der Waals surface area (Å²) in [6, 6.07) is 11.0. The minimum absolute atomic E-state index is 0.262. The summed E-state index contributed by atoms with van der Waals surface area (Å²) >= 11 is 3.38. The Hall–Kier alpha value is -2.62. The van der Waals surface area contributed by atoms with Gasteiger partial charge in [0.25, 0.3) is 11.6 Å². The number of benzene rings is 2. The Morgan fingerprint density at radius 2 is 1.94 bits per heavy atom. The second-order valence-electron chi connectivity index (χ2n) is 6.86. The molecule has 0 bridgehead atoms. The summed E-state index contributed by atoms with van der Waals surface area (Å²) in [6.45, 7) is 5.63. The summed E-state index contributed by atoms with van der Waals surface area (Å²) < 4.78 is 11.4. The molecule has 3 amide bonds. The van der Waals surface area contributed by atoms with E-state index in [2.05, 4.69) is 26.6 Å². The van der Waals surface area contributed by atoms with Gasteiger partial charge < -0.3 is 25.2 Å². The number of hydrogen-bond acceptors (Lipinski definition) is 5. The number of halogens is 1. The van der Waals surface area contributed by atoms with Crippen molar-refractivity contribution in [3.63, 3.8) is 0 Å². The van der Waals surface area contributed by atoms with Crippen LogP contribution in [-0.2, 0) is 15.3 Å². The number of nitrogens with one attached hydrogen (secondary N) is 2. The first-order chi connectivity index (χ1) is 14.9. The monoisotopic (exact) mass is 491 g/mol. The second-order valence-corrected chi connectivity index (χ2v) is 7.78. The lowest BCUT2D eigenvalue weighted by Crippen LogP contribution is -2.62. The topological polar surface area (TPSA) is 100 Å². The maximum Gasteiger partial charge on any atom is 0.329 e. The maximum absolute atomic E-state index is 13.3. The van der Waals surface area contributed by atoms with Gasteiger partial charge in [0.2, 0.25) is 0 Å². The summed E-state index contributed by atoms with van der Waals surface area (Å²) in [6.07, 6.45) is 0.580. The SMILES string of the molecule is CCOCCCNC(=O)[C@]1(O)c2cc(Br)ccc2NC(=O)N1c1ccc(OCC)cc1. The third-order valence-electron chi connectivity index (χ3n) is 4.80. The van der Waals surface area contributed by atoms with Crippen molar-refractivity contribution in [2.45, 2.75) is 26.0 Å². The predicted octanol–water partition coefficient (Wildman–Crippen LogP) is 3.59. The Bertz CT molecular complexity index is 937. The van der Waals surface area contributed by atoms with Crippen molar-refractivity contribution in [3.8, 4) is 5.75 Å². The summed E-state index contributed by atoms with van der Waals surface area (Å²) in [4.78, 5) is 27.3. The van der Waals surface area contributed by atoms with Crippen molar-refractivity contribution in [2.75, 3.05) is 36.6 Å². The number of carbonyl (C=O) groups excluding carboxylic acids is 2. The molecule has 1 heterocycles. The summed E-state index contributed by atoms with van der Waals surface area (Å²) in [5, 5.41) is 17.2. The zero-order chi connectivity index (χ0) is 22.4. The normalized spacial score (nSPS) is 17.7. The van der Waals surface area contributed by atoms with E-state index in [4.69, 9.17) is 9.47 Å². The molecule has 1 aliphatic heterocycles. The predicted molar refractivity (Wildman–Crippen MR) is 121 cm³/mol. The molecule has 0 fully saturated rings. The number of amides is 3.